The Balaban J connectivity index is 1.17. The summed E-state index contributed by atoms with van der Waals surface area (Å²) in [5, 5.41) is 14.0. The van der Waals surface area contributed by atoms with Gasteiger partial charge in [-0.05, 0) is 67.5 Å². The van der Waals surface area contributed by atoms with Crippen LogP contribution in [0, 0.1) is 17.5 Å². The normalized spacial score (nSPS) is 28.8. The Hall–Kier alpha value is -3.11. The largest absolute Gasteiger partial charge is 0.446 e. The van der Waals surface area contributed by atoms with E-state index in [1.807, 2.05) is 0 Å². The van der Waals surface area contributed by atoms with Crippen molar-refractivity contribution < 1.29 is 32.6 Å². The molecule has 0 spiro atoms. The van der Waals surface area contributed by atoms with E-state index in [1.54, 1.807) is 12.1 Å². The molecule has 3 fully saturated rings. The molecule has 0 aromatic heterocycles. The summed E-state index contributed by atoms with van der Waals surface area (Å²) in [6.45, 7) is 1.24. The second kappa shape index (κ2) is 9.74. The fourth-order valence-electron chi connectivity index (χ4n) is 5.59. The molecule has 1 aliphatic carbocycles. The van der Waals surface area contributed by atoms with Crippen LogP contribution in [0.2, 0.25) is 0 Å². The lowest BCUT2D eigenvalue weighted by Gasteiger charge is -2.40. The van der Waals surface area contributed by atoms with Gasteiger partial charge >= 0.3 is 12.1 Å². The molecule has 3 amide bonds. The summed E-state index contributed by atoms with van der Waals surface area (Å²) >= 11 is 0. The first-order chi connectivity index (χ1) is 17.2. The minimum atomic E-state index is -1.06. The number of cyclic esters (lactones) is 1. The summed E-state index contributed by atoms with van der Waals surface area (Å²) in [7, 11) is 0. The van der Waals surface area contributed by atoms with E-state index in [-0.39, 0.29) is 30.1 Å². The van der Waals surface area contributed by atoms with E-state index in [1.165, 1.54) is 18.2 Å². The van der Waals surface area contributed by atoms with Crippen molar-refractivity contribution in [3.63, 3.8) is 0 Å². The van der Waals surface area contributed by atoms with Crippen LogP contribution >= 0.6 is 0 Å². The van der Waals surface area contributed by atoms with E-state index in [0.29, 0.717) is 25.8 Å². The van der Waals surface area contributed by atoms with Crippen molar-refractivity contribution in [1.82, 2.24) is 15.1 Å². The number of nitrogens with one attached hydrogen (secondary N) is 1. The number of carbonyl (C=O) groups excluding carboxylic acids is 2. The molecule has 2 atom stereocenters. The van der Waals surface area contributed by atoms with Gasteiger partial charge in [0.05, 0.1) is 5.60 Å². The minimum Gasteiger partial charge on any atom is -0.446 e. The second-order valence-corrected chi connectivity index (χ2v) is 9.84. The number of ether oxygens (including phenoxy) is 1. The topological polar surface area (TPSA) is 82.1 Å². The third-order valence-electron chi connectivity index (χ3n) is 7.65. The number of amides is 3. The molecule has 1 saturated carbocycles. The van der Waals surface area contributed by atoms with Gasteiger partial charge < -0.3 is 15.2 Å². The molecule has 2 heterocycles. The number of hydrogen-bond acceptors (Lipinski definition) is 5. The van der Waals surface area contributed by atoms with Gasteiger partial charge in [-0.3, -0.25) is 4.90 Å². The van der Waals surface area contributed by atoms with Gasteiger partial charge in [0, 0.05) is 25.2 Å². The van der Waals surface area contributed by atoms with E-state index >= 15 is 0 Å². The number of aliphatic hydroxyl groups is 1. The maximum absolute atomic E-state index is 13.7. The number of hydrogen-bond donors (Lipinski definition) is 2. The van der Waals surface area contributed by atoms with Gasteiger partial charge in [0.1, 0.15) is 18.5 Å². The summed E-state index contributed by atoms with van der Waals surface area (Å²) in [5.74, 6) is -2.40. The highest BCUT2D eigenvalue weighted by molar-refractivity contribution is 5.92. The van der Waals surface area contributed by atoms with Crippen LogP contribution in [0.5, 0.6) is 0 Å². The number of carbonyl (C=O) groups is 2. The Morgan fingerprint density at radius 3 is 2.44 bits per heavy atom. The molecule has 0 radical (unpaired) electrons. The molecule has 192 valence electrons. The Labute approximate surface area is 206 Å². The number of urea groups is 1. The lowest BCUT2D eigenvalue weighted by molar-refractivity contribution is -0.0223. The lowest BCUT2D eigenvalue weighted by Crippen LogP contribution is -2.48. The molecule has 0 bridgehead atoms. The van der Waals surface area contributed by atoms with Crippen LogP contribution in [0.25, 0.3) is 0 Å². The average molecular weight is 504 g/mol. The van der Waals surface area contributed by atoms with Crippen LogP contribution in [0.1, 0.15) is 49.3 Å². The average Bonchev–Trinajstić information content (AvgIpc) is 3.48. The molecule has 2 N–H and O–H groups in total. The molecule has 5 rings (SSSR count). The predicted molar refractivity (Wildman–Crippen MR) is 123 cm³/mol. The summed E-state index contributed by atoms with van der Waals surface area (Å²) in [5.41, 5.74) is 0.0310. The van der Waals surface area contributed by atoms with Gasteiger partial charge in [-0.15, -0.1) is 0 Å². The monoisotopic (exact) mass is 503 g/mol. The maximum Gasteiger partial charge on any atom is 0.418 e. The van der Waals surface area contributed by atoms with Crippen LogP contribution in [-0.2, 0) is 10.3 Å². The summed E-state index contributed by atoms with van der Waals surface area (Å²) in [6, 6.07) is 7.84. The Morgan fingerprint density at radius 2 is 1.75 bits per heavy atom. The highest BCUT2D eigenvalue weighted by Gasteiger charge is 2.42. The van der Waals surface area contributed by atoms with Crippen molar-refractivity contribution >= 4 is 12.1 Å². The van der Waals surface area contributed by atoms with Gasteiger partial charge in [-0.1, -0.05) is 18.2 Å². The molecule has 2 aromatic rings. The smallest absolute Gasteiger partial charge is 0.418 e. The summed E-state index contributed by atoms with van der Waals surface area (Å²) in [6.07, 6.45) is 2.53. The number of halogens is 3. The molecule has 36 heavy (non-hydrogen) atoms. The van der Waals surface area contributed by atoms with Crippen molar-refractivity contribution in [3.05, 3.63) is 71.0 Å². The SMILES string of the molecule is O=C(NC1CCN(C2CCC(O)(c3ccc(F)cc3)CC2)C1)N1C(=O)OCC1c1ccc(F)c(F)c1. The molecular weight excluding hydrogens is 475 g/mol. The Morgan fingerprint density at radius 1 is 1.03 bits per heavy atom. The quantitative estimate of drug-likeness (QED) is 0.653. The van der Waals surface area contributed by atoms with E-state index in [2.05, 4.69) is 10.2 Å². The van der Waals surface area contributed by atoms with Crippen molar-refractivity contribution in [1.29, 1.82) is 0 Å². The standard InChI is InChI=1S/C26H28F3N3O4/c27-18-4-2-17(3-5-18)26(35)10-7-20(8-11-26)31-12-9-19(14-31)30-24(33)32-23(15-36-25(32)34)16-1-6-21(28)22(29)13-16/h1-6,13,19-20,23,35H,7-12,14-15H2,(H,30,33). The fraction of sp³-hybridized carbons (Fsp3) is 0.462. The van der Waals surface area contributed by atoms with Crippen molar-refractivity contribution in [3.8, 4) is 0 Å². The number of benzene rings is 2. The van der Waals surface area contributed by atoms with Crippen molar-refractivity contribution in [2.75, 3.05) is 19.7 Å². The molecular formula is C26H28F3N3O4. The molecule has 10 heteroatoms. The molecule has 2 saturated heterocycles. The molecule has 2 aliphatic heterocycles. The van der Waals surface area contributed by atoms with Crippen LogP contribution in [0.4, 0.5) is 22.8 Å². The zero-order valence-corrected chi connectivity index (χ0v) is 19.6. The maximum atomic E-state index is 13.7. The summed E-state index contributed by atoms with van der Waals surface area (Å²) < 4.78 is 45.3. The Bertz CT molecular complexity index is 1140. The number of imide groups is 1. The van der Waals surface area contributed by atoms with E-state index in [4.69, 9.17) is 4.74 Å². The zero-order valence-electron chi connectivity index (χ0n) is 19.6. The zero-order chi connectivity index (χ0) is 25.4. The lowest BCUT2D eigenvalue weighted by atomic mass is 9.77. The molecule has 7 nitrogen and oxygen atoms in total. The minimum absolute atomic E-state index is 0.132. The first-order valence-corrected chi connectivity index (χ1v) is 12.2. The molecule has 3 aliphatic rings. The van der Waals surface area contributed by atoms with Gasteiger partial charge in [0.25, 0.3) is 0 Å². The highest BCUT2D eigenvalue weighted by atomic mass is 19.2. The fourth-order valence-corrected chi connectivity index (χ4v) is 5.59. The van der Waals surface area contributed by atoms with E-state index < -0.39 is 35.4 Å². The molecule has 2 unspecified atom stereocenters. The van der Waals surface area contributed by atoms with Crippen LogP contribution in [0.3, 0.4) is 0 Å². The predicted octanol–water partition coefficient (Wildman–Crippen LogP) is 4.21. The van der Waals surface area contributed by atoms with Gasteiger partial charge in [-0.2, -0.15) is 0 Å². The highest BCUT2D eigenvalue weighted by Crippen LogP contribution is 2.39. The van der Waals surface area contributed by atoms with Crippen LogP contribution in [0.15, 0.2) is 42.5 Å². The number of likely N-dealkylation sites (tertiary alicyclic amines) is 1. The second-order valence-electron chi connectivity index (χ2n) is 9.84. The van der Waals surface area contributed by atoms with Crippen molar-refractivity contribution in [2.45, 2.75) is 55.8 Å². The van der Waals surface area contributed by atoms with Crippen LogP contribution < -0.4 is 5.32 Å². The first kappa shape index (κ1) is 24.6. The third kappa shape index (κ3) is 4.79. The van der Waals surface area contributed by atoms with Crippen molar-refractivity contribution in [2.24, 2.45) is 0 Å². The van der Waals surface area contributed by atoms with E-state index in [9.17, 15) is 27.9 Å². The first-order valence-electron chi connectivity index (χ1n) is 12.2. The van der Waals surface area contributed by atoms with Gasteiger partial charge in [-0.25, -0.2) is 27.7 Å². The van der Waals surface area contributed by atoms with Crippen LogP contribution in [-0.4, -0.2) is 58.8 Å². The van der Waals surface area contributed by atoms with Gasteiger partial charge in [0.2, 0.25) is 0 Å². The van der Waals surface area contributed by atoms with E-state index in [0.717, 1.165) is 42.0 Å². The summed E-state index contributed by atoms with van der Waals surface area (Å²) in [4.78, 5) is 28.4. The number of rotatable bonds is 4. The Kier molecular flexibility index (Phi) is 6.65. The number of nitrogens with zero attached hydrogens (tertiary/aromatic N) is 2. The molecule has 2 aromatic carbocycles. The third-order valence-corrected chi connectivity index (χ3v) is 7.65. The van der Waals surface area contributed by atoms with Gasteiger partial charge in [0.15, 0.2) is 11.6 Å².